The molecule has 0 unspecified atom stereocenters. The van der Waals surface area contributed by atoms with Gasteiger partial charge in [-0.15, -0.1) is 0 Å². The number of hydrogen-bond donors (Lipinski definition) is 3. The molecule has 1 heterocycles. The van der Waals surface area contributed by atoms with Gasteiger partial charge in [0.1, 0.15) is 11.5 Å². The maximum Gasteiger partial charge on any atom is 0.268 e. The highest BCUT2D eigenvalue weighted by atomic mass is 32.2. The SMILES string of the molecule is CC(=O)c1c(C)[nH]c(C(=O)NCc2cccc(S(=O)(=O)NCc3cccc(F)c3)c2)c1C. The first-order chi connectivity index (χ1) is 15.1. The number of nitrogens with one attached hydrogen (secondary N) is 3. The molecule has 1 amide bonds. The van der Waals surface area contributed by atoms with E-state index in [1.54, 1.807) is 32.0 Å². The lowest BCUT2D eigenvalue weighted by Crippen LogP contribution is -2.25. The van der Waals surface area contributed by atoms with Gasteiger partial charge in [0.15, 0.2) is 5.78 Å². The van der Waals surface area contributed by atoms with E-state index in [0.29, 0.717) is 33.6 Å². The molecule has 0 fully saturated rings. The lowest BCUT2D eigenvalue weighted by molar-refractivity contribution is 0.0945. The first-order valence-electron chi connectivity index (χ1n) is 9.90. The predicted octanol–water partition coefficient (Wildman–Crippen LogP) is 3.38. The van der Waals surface area contributed by atoms with Crippen LogP contribution >= 0.6 is 0 Å². The molecule has 3 N–H and O–H groups in total. The fraction of sp³-hybridized carbons (Fsp3) is 0.217. The average Bonchev–Trinajstić information content (AvgIpc) is 3.05. The summed E-state index contributed by atoms with van der Waals surface area (Å²) in [5, 5.41) is 2.74. The zero-order chi connectivity index (χ0) is 23.5. The van der Waals surface area contributed by atoms with Crippen molar-refractivity contribution in [3.05, 3.63) is 88.0 Å². The van der Waals surface area contributed by atoms with Crippen molar-refractivity contribution in [3.63, 3.8) is 0 Å². The Bertz CT molecular complexity index is 1280. The Balaban J connectivity index is 1.69. The van der Waals surface area contributed by atoms with Crippen LogP contribution in [0.15, 0.2) is 53.4 Å². The van der Waals surface area contributed by atoms with E-state index in [4.69, 9.17) is 0 Å². The monoisotopic (exact) mass is 457 g/mol. The molecule has 3 aromatic rings. The van der Waals surface area contributed by atoms with E-state index in [2.05, 4.69) is 15.0 Å². The number of aromatic amines is 1. The summed E-state index contributed by atoms with van der Waals surface area (Å²) in [5.41, 5.74) is 3.07. The second-order valence-electron chi connectivity index (χ2n) is 7.47. The summed E-state index contributed by atoms with van der Waals surface area (Å²) in [6.45, 7) is 4.92. The molecule has 7 nitrogen and oxygen atoms in total. The first-order valence-corrected chi connectivity index (χ1v) is 11.4. The Morgan fingerprint density at radius 1 is 1.00 bits per heavy atom. The highest BCUT2D eigenvalue weighted by Gasteiger charge is 2.20. The number of Topliss-reactive ketones (excluding diaryl/α,β-unsaturated/α-hetero) is 1. The normalized spacial score (nSPS) is 11.4. The largest absolute Gasteiger partial charge is 0.354 e. The van der Waals surface area contributed by atoms with Gasteiger partial charge in [-0.2, -0.15) is 0 Å². The fourth-order valence-electron chi connectivity index (χ4n) is 3.51. The van der Waals surface area contributed by atoms with Crippen LogP contribution in [0.2, 0.25) is 0 Å². The molecule has 32 heavy (non-hydrogen) atoms. The zero-order valence-corrected chi connectivity index (χ0v) is 18.8. The molecule has 1 aromatic heterocycles. The van der Waals surface area contributed by atoms with Gasteiger partial charge in [0.2, 0.25) is 10.0 Å². The highest BCUT2D eigenvalue weighted by molar-refractivity contribution is 7.89. The third kappa shape index (κ3) is 5.30. The van der Waals surface area contributed by atoms with E-state index in [1.165, 1.54) is 37.3 Å². The Labute approximate surface area is 186 Å². The van der Waals surface area contributed by atoms with Gasteiger partial charge in [-0.05, 0) is 61.7 Å². The van der Waals surface area contributed by atoms with Crippen LogP contribution in [0.5, 0.6) is 0 Å². The number of H-pyrrole nitrogens is 1. The molecular weight excluding hydrogens is 433 g/mol. The van der Waals surface area contributed by atoms with E-state index in [-0.39, 0.29) is 23.8 Å². The van der Waals surface area contributed by atoms with Crippen molar-refractivity contribution in [1.82, 2.24) is 15.0 Å². The van der Waals surface area contributed by atoms with E-state index in [9.17, 15) is 22.4 Å². The molecule has 0 aliphatic carbocycles. The molecule has 168 valence electrons. The molecule has 0 saturated heterocycles. The van der Waals surface area contributed by atoms with Gasteiger partial charge in [0.05, 0.1) is 4.90 Å². The Morgan fingerprint density at radius 2 is 1.66 bits per heavy atom. The number of amides is 1. The van der Waals surface area contributed by atoms with Gasteiger partial charge >= 0.3 is 0 Å². The molecule has 0 aliphatic rings. The molecule has 0 spiro atoms. The van der Waals surface area contributed by atoms with Gasteiger partial charge in [-0.1, -0.05) is 24.3 Å². The first kappa shape index (κ1) is 23.4. The number of carbonyl (C=O) groups excluding carboxylic acids is 2. The van der Waals surface area contributed by atoms with Crippen molar-refractivity contribution in [2.75, 3.05) is 0 Å². The van der Waals surface area contributed by atoms with E-state index in [1.807, 2.05) is 0 Å². The molecule has 0 atom stereocenters. The van der Waals surface area contributed by atoms with E-state index in [0.717, 1.165) is 0 Å². The number of hydrogen-bond acceptors (Lipinski definition) is 4. The third-order valence-corrected chi connectivity index (χ3v) is 6.43. The number of ketones is 1. The quantitative estimate of drug-likeness (QED) is 0.451. The number of benzene rings is 2. The maximum absolute atomic E-state index is 13.3. The van der Waals surface area contributed by atoms with Gasteiger partial charge in [0, 0.05) is 24.3 Å². The summed E-state index contributed by atoms with van der Waals surface area (Å²) in [6, 6.07) is 11.9. The number of rotatable bonds is 8. The number of halogens is 1. The summed E-state index contributed by atoms with van der Waals surface area (Å²) in [5.74, 6) is -0.961. The lowest BCUT2D eigenvalue weighted by atomic mass is 10.1. The van der Waals surface area contributed by atoms with Crippen molar-refractivity contribution in [3.8, 4) is 0 Å². The van der Waals surface area contributed by atoms with Crippen molar-refractivity contribution < 1.29 is 22.4 Å². The van der Waals surface area contributed by atoms with Crippen LogP contribution in [-0.4, -0.2) is 25.1 Å². The zero-order valence-electron chi connectivity index (χ0n) is 18.0. The van der Waals surface area contributed by atoms with E-state index >= 15 is 0 Å². The van der Waals surface area contributed by atoms with Crippen LogP contribution < -0.4 is 10.0 Å². The van der Waals surface area contributed by atoms with Gasteiger partial charge in [-0.25, -0.2) is 17.5 Å². The van der Waals surface area contributed by atoms with Gasteiger partial charge in [-0.3, -0.25) is 9.59 Å². The van der Waals surface area contributed by atoms with Crippen LogP contribution in [0.3, 0.4) is 0 Å². The van der Waals surface area contributed by atoms with E-state index < -0.39 is 21.7 Å². The van der Waals surface area contributed by atoms with Gasteiger partial charge < -0.3 is 10.3 Å². The lowest BCUT2D eigenvalue weighted by Gasteiger charge is -2.10. The summed E-state index contributed by atoms with van der Waals surface area (Å²) in [6.07, 6.45) is 0. The minimum absolute atomic E-state index is 0.0337. The molecule has 2 aromatic carbocycles. The predicted molar refractivity (Wildman–Crippen MR) is 118 cm³/mol. The molecular formula is C23H24FN3O4S. The Hall–Kier alpha value is -3.30. The average molecular weight is 458 g/mol. The van der Waals surface area contributed by atoms with Crippen LogP contribution in [0.25, 0.3) is 0 Å². The van der Waals surface area contributed by atoms with Crippen LogP contribution in [0.4, 0.5) is 4.39 Å². The summed E-state index contributed by atoms with van der Waals surface area (Å²) < 4.78 is 41.0. The minimum atomic E-state index is -3.83. The molecule has 0 radical (unpaired) electrons. The van der Waals surface area contributed by atoms with Crippen molar-refractivity contribution in [2.24, 2.45) is 0 Å². The Kier molecular flexibility index (Phi) is 6.90. The highest BCUT2D eigenvalue weighted by Crippen LogP contribution is 2.19. The van der Waals surface area contributed by atoms with Crippen LogP contribution in [0.1, 0.15) is 50.2 Å². The van der Waals surface area contributed by atoms with Crippen molar-refractivity contribution in [1.29, 1.82) is 0 Å². The fourth-order valence-corrected chi connectivity index (χ4v) is 4.59. The number of sulfonamides is 1. The summed E-state index contributed by atoms with van der Waals surface area (Å²) in [4.78, 5) is 27.3. The Morgan fingerprint density at radius 3 is 2.28 bits per heavy atom. The standard InChI is InChI=1S/C23H24FN3O4S/c1-14-21(16(3)28)15(2)27-22(14)23(29)25-12-18-7-5-9-20(11-18)32(30,31)26-13-17-6-4-8-19(24)10-17/h4-11,26-27H,12-13H2,1-3H3,(H,25,29). The maximum atomic E-state index is 13.3. The summed E-state index contributed by atoms with van der Waals surface area (Å²) >= 11 is 0. The van der Waals surface area contributed by atoms with Gasteiger partial charge in [0.25, 0.3) is 5.91 Å². The van der Waals surface area contributed by atoms with Crippen LogP contribution in [-0.2, 0) is 23.1 Å². The molecule has 0 bridgehead atoms. The van der Waals surface area contributed by atoms with Crippen LogP contribution in [0, 0.1) is 19.7 Å². The second kappa shape index (κ2) is 9.46. The number of aryl methyl sites for hydroxylation is 1. The smallest absolute Gasteiger partial charge is 0.268 e. The molecule has 9 heteroatoms. The van der Waals surface area contributed by atoms with Crippen molar-refractivity contribution >= 4 is 21.7 Å². The molecule has 0 aliphatic heterocycles. The number of aromatic nitrogens is 1. The molecule has 0 saturated carbocycles. The minimum Gasteiger partial charge on any atom is -0.354 e. The number of carbonyl (C=O) groups is 2. The third-order valence-electron chi connectivity index (χ3n) is 5.03. The topological polar surface area (TPSA) is 108 Å². The second-order valence-corrected chi connectivity index (χ2v) is 9.23. The molecule has 3 rings (SSSR count). The summed E-state index contributed by atoms with van der Waals surface area (Å²) in [7, 11) is -3.83. The van der Waals surface area contributed by atoms with Crippen molar-refractivity contribution in [2.45, 2.75) is 38.8 Å².